The fourth-order valence-electron chi connectivity index (χ4n) is 3.87. The fraction of sp³-hybridized carbons (Fsp3) is 0.300. The van der Waals surface area contributed by atoms with Crippen molar-refractivity contribution in [1.29, 1.82) is 0 Å². The molecular formula is C30H33BrN2O6. The molecule has 2 amide bonds. The number of benzene rings is 3. The number of rotatable bonds is 11. The number of anilines is 2. The molecule has 9 heteroatoms. The Morgan fingerprint density at radius 2 is 1.41 bits per heavy atom. The fourth-order valence-corrected chi connectivity index (χ4v) is 4.14. The Morgan fingerprint density at radius 3 is 2.00 bits per heavy atom. The van der Waals surface area contributed by atoms with Crippen molar-refractivity contribution in [2.45, 2.75) is 39.5 Å². The van der Waals surface area contributed by atoms with E-state index in [2.05, 4.69) is 54.3 Å². The number of para-hydroxylation sites is 1. The van der Waals surface area contributed by atoms with Gasteiger partial charge >= 0.3 is 5.97 Å². The van der Waals surface area contributed by atoms with Crippen LogP contribution in [0.15, 0.2) is 65.1 Å². The van der Waals surface area contributed by atoms with Gasteiger partial charge in [-0.25, -0.2) is 4.79 Å². The van der Waals surface area contributed by atoms with Crippen LogP contribution in [-0.2, 0) is 14.3 Å². The van der Waals surface area contributed by atoms with Crippen molar-refractivity contribution in [2.24, 2.45) is 0 Å². The third-order valence-electron chi connectivity index (χ3n) is 5.86. The Balaban J connectivity index is 1.59. The molecule has 3 rings (SSSR count). The van der Waals surface area contributed by atoms with Gasteiger partial charge in [-0.2, -0.15) is 0 Å². The van der Waals surface area contributed by atoms with Gasteiger partial charge in [0.05, 0.1) is 12.7 Å². The SMILES string of the molecule is COc1cc(C(=O)OCC(=O)Nc2c(C(C)C)cccc2C(C)C)ccc1OCC(=O)Nc1ccc(Br)cc1. The average Bonchev–Trinajstić information content (AvgIpc) is 2.91. The largest absolute Gasteiger partial charge is 0.493 e. The molecule has 2 N–H and O–H groups in total. The van der Waals surface area contributed by atoms with E-state index in [1.165, 1.54) is 25.3 Å². The normalized spacial score (nSPS) is 10.8. The first-order valence-electron chi connectivity index (χ1n) is 12.5. The molecule has 0 radical (unpaired) electrons. The van der Waals surface area contributed by atoms with Crippen LogP contribution in [0.3, 0.4) is 0 Å². The van der Waals surface area contributed by atoms with Gasteiger partial charge in [0.25, 0.3) is 11.8 Å². The summed E-state index contributed by atoms with van der Waals surface area (Å²) in [7, 11) is 1.42. The van der Waals surface area contributed by atoms with Crippen LogP contribution in [-0.4, -0.2) is 38.1 Å². The number of nitrogens with one attached hydrogen (secondary N) is 2. The van der Waals surface area contributed by atoms with Crippen LogP contribution in [0, 0.1) is 0 Å². The molecular weight excluding hydrogens is 564 g/mol. The van der Waals surface area contributed by atoms with E-state index >= 15 is 0 Å². The Labute approximate surface area is 237 Å². The van der Waals surface area contributed by atoms with E-state index in [1.54, 1.807) is 12.1 Å². The van der Waals surface area contributed by atoms with E-state index in [1.807, 2.05) is 30.3 Å². The second kappa shape index (κ2) is 13.8. The molecule has 39 heavy (non-hydrogen) atoms. The molecule has 8 nitrogen and oxygen atoms in total. The van der Waals surface area contributed by atoms with Crippen molar-refractivity contribution in [2.75, 3.05) is 31.0 Å². The minimum atomic E-state index is -0.691. The molecule has 206 valence electrons. The van der Waals surface area contributed by atoms with Crippen LogP contribution in [0.1, 0.15) is 61.0 Å². The van der Waals surface area contributed by atoms with E-state index in [0.29, 0.717) is 5.69 Å². The minimum Gasteiger partial charge on any atom is -0.493 e. The Morgan fingerprint density at radius 1 is 0.795 bits per heavy atom. The number of halogens is 1. The summed E-state index contributed by atoms with van der Waals surface area (Å²) in [6.07, 6.45) is 0. The summed E-state index contributed by atoms with van der Waals surface area (Å²) in [6.45, 7) is 7.54. The van der Waals surface area contributed by atoms with Crippen molar-refractivity contribution < 1.29 is 28.6 Å². The number of hydrogen-bond acceptors (Lipinski definition) is 6. The number of carbonyl (C=O) groups excluding carboxylic acids is 3. The highest BCUT2D eigenvalue weighted by atomic mass is 79.9. The van der Waals surface area contributed by atoms with Gasteiger partial charge in [0.2, 0.25) is 0 Å². The number of amides is 2. The zero-order chi connectivity index (χ0) is 28.5. The predicted octanol–water partition coefficient (Wildman–Crippen LogP) is 6.52. The standard InChI is InChI=1S/C30H33BrN2O6/c1-18(2)23-7-6-8-24(19(3)4)29(23)33-28(35)17-39-30(36)20-9-14-25(26(15-20)37-5)38-16-27(34)32-22-12-10-21(31)11-13-22/h6-15,18-19H,16-17H2,1-5H3,(H,32,34)(H,33,35). The van der Waals surface area contributed by atoms with Crippen LogP contribution >= 0.6 is 15.9 Å². The Kier molecular flexibility index (Phi) is 10.5. The van der Waals surface area contributed by atoms with Gasteiger partial charge in [-0.15, -0.1) is 0 Å². The summed E-state index contributed by atoms with van der Waals surface area (Å²) >= 11 is 3.35. The number of ether oxygens (including phenoxy) is 3. The van der Waals surface area contributed by atoms with Crippen LogP contribution in [0.25, 0.3) is 0 Å². The van der Waals surface area contributed by atoms with Crippen LogP contribution in [0.4, 0.5) is 11.4 Å². The van der Waals surface area contributed by atoms with Crippen LogP contribution in [0.5, 0.6) is 11.5 Å². The van der Waals surface area contributed by atoms with Crippen LogP contribution in [0.2, 0.25) is 0 Å². The molecule has 0 unspecified atom stereocenters. The summed E-state index contributed by atoms with van der Waals surface area (Å²) in [5, 5.41) is 5.66. The van der Waals surface area contributed by atoms with Crippen molar-refractivity contribution in [3.63, 3.8) is 0 Å². The van der Waals surface area contributed by atoms with E-state index in [0.717, 1.165) is 21.3 Å². The van der Waals surface area contributed by atoms with Gasteiger partial charge < -0.3 is 24.8 Å². The number of carbonyl (C=O) groups is 3. The quantitative estimate of drug-likeness (QED) is 0.244. The summed E-state index contributed by atoms with van der Waals surface area (Å²) in [4.78, 5) is 37.6. The summed E-state index contributed by atoms with van der Waals surface area (Å²) in [6, 6.07) is 17.5. The highest BCUT2D eigenvalue weighted by molar-refractivity contribution is 9.10. The van der Waals surface area contributed by atoms with Crippen LogP contribution < -0.4 is 20.1 Å². The maximum atomic E-state index is 12.7. The van der Waals surface area contributed by atoms with Crippen molar-refractivity contribution in [3.05, 3.63) is 81.8 Å². The van der Waals surface area contributed by atoms with E-state index < -0.39 is 18.5 Å². The van der Waals surface area contributed by atoms with Gasteiger partial charge in [-0.3, -0.25) is 9.59 Å². The third-order valence-corrected chi connectivity index (χ3v) is 6.39. The first-order valence-corrected chi connectivity index (χ1v) is 13.3. The zero-order valence-corrected chi connectivity index (χ0v) is 24.3. The molecule has 0 aliphatic carbocycles. The molecule has 0 spiro atoms. The molecule has 0 aliphatic heterocycles. The monoisotopic (exact) mass is 596 g/mol. The first-order chi connectivity index (χ1) is 18.6. The minimum absolute atomic E-state index is 0.178. The molecule has 0 aliphatic rings. The molecule has 0 atom stereocenters. The predicted molar refractivity (Wildman–Crippen MR) is 155 cm³/mol. The smallest absolute Gasteiger partial charge is 0.338 e. The maximum Gasteiger partial charge on any atom is 0.338 e. The average molecular weight is 598 g/mol. The van der Waals surface area contributed by atoms with Gasteiger partial charge in [0.15, 0.2) is 24.7 Å². The summed E-state index contributed by atoms with van der Waals surface area (Å²) < 4.78 is 17.1. The van der Waals surface area contributed by atoms with Crippen molar-refractivity contribution >= 4 is 45.1 Å². The molecule has 3 aromatic rings. The number of esters is 1. The zero-order valence-electron chi connectivity index (χ0n) is 22.7. The molecule has 0 fully saturated rings. The molecule has 0 saturated heterocycles. The van der Waals surface area contributed by atoms with E-state index in [9.17, 15) is 14.4 Å². The van der Waals surface area contributed by atoms with Gasteiger partial charge in [0.1, 0.15) is 0 Å². The van der Waals surface area contributed by atoms with Gasteiger partial charge in [0, 0.05) is 15.8 Å². The van der Waals surface area contributed by atoms with Crippen molar-refractivity contribution in [1.82, 2.24) is 0 Å². The van der Waals surface area contributed by atoms with E-state index in [4.69, 9.17) is 14.2 Å². The Bertz CT molecular complexity index is 1300. The molecule has 0 saturated carbocycles. The summed E-state index contributed by atoms with van der Waals surface area (Å²) in [5.74, 6) is -0.523. The molecule has 0 aromatic heterocycles. The third kappa shape index (κ3) is 8.32. The van der Waals surface area contributed by atoms with Gasteiger partial charge in [-0.05, 0) is 65.4 Å². The molecule has 3 aromatic carbocycles. The first kappa shape index (κ1) is 29.7. The van der Waals surface area contributed by atoms with E-state index in [-0.39, 0.29) is 41.4 Å². The lowest BCUT2D eigenvalue weighted by molar-refractivity contribution is -0.119. The lowest BCUT2D eigenvalue weighted by atomic mass is 9.92. The maximum absolute atomic E-state index is 12.7. The number of hydrogen-bond donors (Lipinski definition) is 2. The molecule has 0 heterocycles. The topological polar surface area (TPSA) is 103 Å². The highest BCUT2D eigenvalue weighted by Gasteiger charge is 2.18. The molecule has 0 bridgehead atoms. The van der Waals surface area contributed by atoms with Crippen molar-refractivity contribution in [3.8, 4) is 11.5 Å². The lowest BCUT2D eigenvalue weighted by Crippen LogP contribution is -2.23. The second-order valence-electron chi connectivity index (χ2n) is 9.45. The lowest BCUT2D eigenvalue weighted by Gasteiger charge is -2.20. The summed E-state index contributed by atoms with van der Waals surface area (Å²) in [5.41, 5.74) is 3.61. The highest BCUT2D eigenvalue weighted by Crippen LogP contribution is 2.32. The second-order valence-corrected chi connectivity index (χ2v) is 10.4. The number of methoxy groups -OCH3 is 1. The van der Waals surface area contributed by atoms with Gasteiger partial charge in [-0.1, -0.05) is 61.8 Å². The Hall–Kier alpha value is -3.85.